The van der Waals surface area contributed by atoms with Gasteiger partial charge in [-0.1, -0.05) is 19.0 Å². The molecule has 1 aliphatic rings. The molecule has 1 unspecified atom stereocenters. The minimum atomic E-state index is -0.447. The van der Waals surface area contributed by atoms with Crippen LogP contribution >= 0.6 is 0 Å². The number of hydrogen-bond donors (Lipinski definition) is 1. The highest BCUT2D eigenvalue weighted by Gasteiger charge is 2.35. The lowest BCUT2D eigenvalue weighted by atomic mass is 9.96. The number of hydrogen-bond acceptors (Lipinski definition) is 6. The number of methoxy groups -OCH3 is 1. The smallest absolute Gasteiger partial charge is 0.246 e. The summed E-state index contributed by atoms with van der Waals surface area (Å²) in [5, 5.41) is 7.36. The van der Waals surface area contributed by atoms with E-state index < -0.39 is 5.60 Å². The van der Waals surface area contributed by atoms with Gasteiger partial charge in [0.2, 0.25) is 11.7 Å². The average Bonchev–Trinajstić information content (AvgIpc) is 2.93. The quantitative estimate of drug-likeness (QED) is 0.857. The normalized spacial score (nSPS) is 21.2. The summed E-state index contributed by atoms with van der Waals surface area (Å²) in [5.74, 6) is 1.20. The number of nitrogens with one attached hydrogen (secondary N) is 1. The highest BCUT2D eigenvalue weighted by atomic mass is 16.5. The fraction of sp³-hybridized carbons (Fsp3) is 0.833. The van der Waals surface area contributed by atoms with Crippen molar-refractivity contribution in [2.75, 3.05) is 26.9 Å². The van der Waals surface area contributed by atoms with Gasteiger partial charge in [0.1, 0.15) is 11.6 Å². The van der Waals surface area contributed by atoms with Crippen LogP contribution in [0.15, 0.2) is 4.52 Å². The summed E-state index contributed by atoms with van der Waals surface area (Å²) in [6, 6.07) is -0.0109. The molecule has 0 aliphatic carbocycles. The molecule has 1 N–H and O–H groups in total. The summed E-state index contributed by atoms with van der Waals surface area (Å²) in [6.07, 6.45) is 1.63. The van der Waals surface area contributed by atoms with Crippen molar-refractivity contribution in [1.82, 2.24) is 15.5 Å². The SMILES string of the molecule is CCC(CC)(OC)c1noc(C2COCCN2)n1. The molecule has 2 rings (SSSR count). The molecule has 1 aliphatic heterocycles. The molecule has 0 radical (unpaired) electrons. The minimum Gasteiger partial charge on any atom is -0.378 e. The zero-order chi connectivity index (χ0) is 13.0. The molecule has 0 saturated carbocycles. The van der Waals surface area contributed by atoms with Crippen LogP contribution in [0.1, 0.15) is 44.4 Å². The first-order valence-corrected chi connectivity index (χ1v) is 6.46. The fourth-order valence-electron chi connectivity index (χ4n) is 2.23. The van der Waals surface area contributed by atoms with Gasteiger partial charge in [-0.05, 0) is 12.8 Å². The largest absolute Gasteiger partial charge is 0.378 e. The van der Waals surface area contributed by atoms with E-state index in [4.69, 9.17) is 14.0 Å². The van der Waals surface area contributed by atoms with Crippen LogP contribution in [0.25, 0.3) is 0 Å². The van der Waals surface area contributed by atoms with Crippen molar-refractivity contribution < 1.29 is 14.0 Å². The van der Waals surface area contributed by atoms with Gasteiger partial charge in [0, 0.05) is 13.7 Å². The summed E-state index contributed by atoms with van der Waals surface area (Å²) in [5.41, 5.74) is -0.447. The third-order valence-corrected chi connectivity index (χ3v) is 3.60. The van der Waals surface area contributed by atoms with Crippen LogP contribution in [-0.4, -0.2) is 37.0 Å². The first-order chi connectivity index (χ1) is 8.75. The van der Waals surface area contributed by atoms with E-state index in [0.29, 0.717) is 18.3 Å². The van der Waals surface area contributed by atoms with Crippen LogP contribution in [0.5, 0.6) is 0 Å². The van der Waals surface area contributed by atoms with Crippen molar-refractivity contribution in [1.29, 1.82) is 0 Å². The maximum Gasteiger partial charge on any atom is 0.246 e. The summed E-state index contributed by atoms with van der Waals surface area (Å²) < 4.78 is 16.3. The van der Waals surface area contributed by atoms with Gasteiger partial charge in [-0.15, -0.1) is 0 Å². The van der Waals surface area contributed by atoms with Crippen molar-refractivity contribution in [3.63, 3.8) is 0 Å². The highest BCUT2D eigenvalue weighted by molar-refractivity contribution is 5.03. The van der Waals surface area contributed by atoms with Crippen molar-refractivity contribution in [3.8, 4) is 0 Å². The van der Waals surface area contributed by atoms with Gasteiger partial charge in [0.05, 0.1) is 13.2 Å². The molecule has 1 fully saturated rings. The predicted octanol–water partition coefficient (Wildman–Crippen LogP) is 1.39. The fourth-order valence-corrected chi connectivity index (χ4v) is 2.23. The molecule has 0 bridgehead atoms. The second kappa shape index (κ2) is 5.77. The molecule has 0 amide bonds. The van der Waals surface area contributed by atoms with E-state index in [-0.39, 0.29) is 6.04 Å². The number of nitrogens with zero attached hydrogens (tertiary/aromatic N) is 2. The molecule has 102 valence electrons. The standard InChI is InChI=1S/C12H21N3O3/c1-4-12(5-2,16-3)11-14-10(18-15-11)9-8-17-7-6-13-9/h9,13H,4-8H2,1-3H3. The molecule has 2 heterocycles. The van der Waals surface area contributed by atoms with Crippen molar-refractivity contribution in [3.05, 3.63) is 11.7 Å². The zero-order valence-electron chi connectivity index (χ0n) is 11.2. The van der Waals surface area contributed by atoms with E-state index in [0.717, 1.165) is 26.0 Å². The van der Waals surface area contributed by atoms with E-state index in [2.05, 4.69) is 29.3 Å². The molecule has 1 aromatic heterocycles. The molecular weight excluding hydrogens is 234 g/mol. The Morgan fingerprint density at radius 2 is 2.22 bits per heavy atom. The molecule has 18 heavy (non-hydrogen) atoms. The van der Waals surface area contributed by atoms with Crippen LogP contribution in [0.2, 0.25) is 0 Å². The number of rotatable bonds is 5. The summed E-state index contributed by atoms with van der Waals surface area (Å²) >= 11 is 0. The van der Waals surface area contributed by atoms with Crippen LogP contribution in [0, 0.1) is 0 Å². The lowest BCUT2D eigenvalue weighted by molar-refractivity contribution is -0.0306. The van der Waals surface area contributed by atoms with Crippen LogP contribution < -0.4 is 5.32 Å². The predicted molar refractivity (Wildman–Crippen MR) is 65.1 cm³/mol. The second-order valence-electron chi connectivity index (χ2n) is 4.44. The van der Waals surface area contributed by atoms with E-state index in [1.54, 1.807) is 7.11 Å². The average molecular weight is 255 g/mol. The van der Waals surface area contributed by atoms with Crippen LogP contribution in [0.4, 0.5) is 0 Å². The first-order valence-electron chi connectivity index (χ1n) is 6.46. The lowest BCUT2D eigenvalue weighted by Crippen LogP contribution is -2.35. The van der Waals surface area contributed by atoms with Crippen molar-refractivity contribution >= 4 is 0 Å². The number of morpholine rings is 1. The van der Waals surface area contributed by atoms with Crippen LogP contribution in [0.3, 0.4) is 0 Å². The van der Waals surface area contributed by atoms with E-state index >= 15 is 0 Å². The minimum absolute atomic E-state index is 0.0109. The molecule has 0 aromatic carbocycles. The molecule has 1 aromatic rings. The maximum atomic E-state index is 5.59. The molecular formula is C12H21N3O3. The molecule has 1 atom stereocenters. The third-order valence-electron chi connectivity index (χ3n) is 3.60. The summed E-state index contributed by atoms with van der Waals surface area (Å²) in [7, 11) is 1.69. The molecule has 1 saturated heterocycles. The monoisotopic (exact) mass is 255 g/mol. The van der Waals surface area contributed by atoms with E-state index in [1.165, 1.54) is 0 Å². The Kier molecular flexibility index (Phi) is 4.31. The Hall–Kier alpha value is -0.980. The van der Waals surface area contributed by atoms with E-state index in [9.17, 15) is 0 Å². The van der Waals surface area contributed by atoms with Gasteiger partial charge >= 0.3 is 0 Å². The Bertz CT molecular complexity index is 362. The molecule has 6 nitrogen and oxygen atoms in total. The Labute approximate surface area is 107 Å². The zero-order valence-corrected chi connectivity index (χ0v) is 11.2. The van der Waals surface area contributed by atoms with Gasteiger partial charge in [0.25, 0.3) is 0 Å². The Morgan fingerprint density at radius 3 is 2.78 bits per heavy atom. The topological polar surface area (TPSA) is 69.4 Å². The van der Waals surface area contributed by atoms with E-state index in [1.807, 2.05) is 0 Å². The van der Waals surface area contributed by atoms with Gasteiger partial charge in [-0.25, -0.2) is 0 Å². The summed E-state index contributed by atoms with van der Waals surface area (Å²) in [6.45, 7) is 6.22. The Balaban J connectivity index is 2.18. The Morgan fingerprint density at radius 1 is 1.44 bits per heavy atom. The second-order valence-corrected chi connectivity index (χ2v) is 4.44. The van der Waals surface area contributed by atoms with Crippen molar-refractivity contribution in [2.45, 2.75) is 38.3 Å². The highest BCUT2D eigenvalue weighted by Crippen LogP contribution is 2.30. The van der Waals surface area contributed by atoms with Gasteiger partial charge < -0.3 is 19.3 Å². The van der Waals surface area contributed by atoms with Crippen molar-refractivity contribution in [2.24, 2.45) is 0 Å². The molecule has 0 spiro atoms. The van der Waals surface area contributed by atoms with Crippen LogP contribution in [-0.2, 0) is 15.1 Å². The number of aromatic nitrogens is 2. The van der Waals surface area contributed by atoms with Gasteiger partial charge in [-0.3, -0.25) is 0 Å². The van der Waals surface area contributed by atoms with Gasteiger partial charge in [0.15, 0.2) is 0 Å². The lowest BCUT2D eigenvalue weighted by Gasteiger charge is -2.26. The number of ether oxygens (including phenoxy) is 2. The van der Waals surface area contributed by atoms with Gasteiger partial charge in [-0.2, -0.15) is 4.98 Å². The first kappa shape index (κ1) is 13.5. The maximum absolute atomic E-state index is 5.59. The third kappa shape index (κ3) is 2.41. The molecule has 6 heteroatoms. The summed E-state index contributed by atoms with van der Waals surface area (Å²) in [4.78, 5) is 4.47.